The van der Waals surface area contributed by atoms with Gasteiger partial charge in [0.2, 0.25) is 0 Å². The number of aromatic nitrogens is 3. The van der Waals surface area contributed by atoms with Gasteiger partial charge in [-0.25, -0.2) is 4.98 Å². The SMILES string of the molecule is CCCC.Cc1cc(N(C)C)ncc1N1CCCc2c1nn(C)c2C(/C=C/C=C\S)N=O. The van der Waals surface area contributed by atoms with Gasteiger partial charge >= 0.3 is 0 Å². The van der Waals surface area contributed by atoms with E-state index in [2.05, 4.69) is 54.5 Å². The van der Waals surface area contributed by atoms with E-state index in [1.807, 2.05) is 32.2 Å². The van der Waals surface area contributed by atoms with Crippen molar-refractivity contribution in [1.29, 1.82) is 0 Å². The van der Waals surface area contributed by atoms with E-state index in [1.165, 1.54) is 12.8 Å². The van der Waals surface area contributed by atoms with Crippen molar-refractivity contribution in [3.05, 3.63) is 57.6 Å². The maximum Gasteiger partial charge on any atom is 0.158 e. The number of hydrogen-bond acceptors (Lipinski definition) is 7. The van der Waals surface area contributed by atoms with Gasteiger partial charge in [0.05, 0.1) is 17.6 Å². The van der Waals surface area contributed by atoms with Crippen molar-refractivity contribution >= 4 is 30.0 Å². The lowest BCUT2D eigenvalue weighted by atomic mass is 10.00. The van der Waals surface area contributed by atoms with Crippen molar-refractivity contribution in [2.24, 2.45) is 12.2 Å². The maximum absolute atomic E-state index is 11.5. The van der Waals surface area contributed by atoms with Crippen LogP contribution < -0.4 is 9.80 Å². The average Bonchev–Trinajstić information content (AvgIpc) is 3.13. The zero-order valence-electron chi connectivity index (χ0n) is 20.1. The molecule has 0 spiro atoms. The molecule has 3 heterocycles. The molecular formula is C24H36N6OS. The molecule has 0 saturated heterocycles. The van der Waals surface area contributed by atoms with Crippen LogP contribution >= 0.6 is 12.6 Å². The summed E-state index contributed by atoms with van der Waals surface area (Å²) >= 11 is 4.03. The highest BCUT2D eigenvalue weighted by atomic mass is 32.1. The summed E-state index contributed by atoms with van der Waals surface area (Å²) in [5.41, 5.74) is 4.10. The van der Waals surface area contributed by atoms with Crippen molar-refractivity contribution in [1.82, 2.24) is 14.8 Å². The first-order chi connectivity index (χ1) is 15.4. The number of thiol groups is 1. The largest absolute Gasteiger partial charge is 0.363 e. The number of rotatable bonds is 7. The molecule has 0 radical (unpaired) electrons. The van der Waals surface area contributed by atoms with Crippen molar-refractivity contribution < 1.29 is 0 Å². The summed E-state index contributed by atoms with van der Waals surface area (Å²) in [5, 5.41) is 9.69. The van der Waals surface area contributed by atoms with Crippen molar-refractivity contribution in [3.8, 4) is 0 Å². The van der Waals surface area contributed by atoms with Gasteiger partial charge in [-0.3, -0.25) is 4.68 Å². The Labute approximate surface area is 197 Å². The fourth-order valence-electron chi connectivity index (χ4n) is 3.60. The van der Waals surface area contributed by atoms with E-state index in [9.17, 15) is 4.91 Å². The van der Waals surface area contributed by atoms with E-state index in [1.54, 1.807) is 28.3 Å². The van der Waals surface area contributed by atoms with Crippen LogP contribution in [0.5, 0.6) is 0 Å². The second-order valence-electron chi connectivity index (χ2n) is 8.07. The van der Waals surface area contributed by atoms with E-state index in [0.29, 0.717) is 0 Å². The van der Waals surface area contributed by atoms with Crippen LogP contribution in [0.15, 0.2) is 41.1 Å². The summed E-state index contributed by atoms with van der Waals surface area (Å²) in [7, 11) is 5.83. The third kappa shape index (κ3) is 6.00. The predicted molar refractivity (Wildman–Crippen MR) is 138 cm³/mol. The van der Waals surface area contributed by atoms with Crippen LogP contribution in [0.25, 0.3) is 0 Å². The van der Waals surface area contributed by atoms with Crippen molar-refractivity contribution in [2.75, 3.05) is 30.4 Å². The van der Waals surface area contributed by atoms with Gasteiger partial charge in [0.25, 0.3) is 0 Å². The van der Waals surface area contributed by atoms with Crippen LogP contribution in [-0.4, -0.2) is 35.4 Å². The molecule has 1 atom stereocenters. The highest BCUT2D eigenvalue weighted by molar-refractivity contribution is 7.83. The summed E-state index contributed by atoms with van der Waals surface area (Å²) < 4.78 is 1.78. The molecule has 1 unspecified atom stereocenters. The number of nitroso groups, excluding NO2 is 1. The number of unbranched alkanes of at least 4 members (excludes halogenated alkanes) is 1. The third-order valence-corrected chi connectivity index (χ3v) is 5.61. The standard InChI is InChI=1S/C20H26N6OS.C4H10/c1-14-12-18(24(2)3)21-13-17(14)26-10-7-8-15-19(25(4)22-20(15)26)16(23-27)9-5-6-11-28;1-3-4-2/h5-6,9,11-13,16,28H,7-8,10H2,1-4H3;3-4H2,1-2H3/b9-5+,11-6-;. The topological polar surface area (TPSA) is 66.6 Å². The zero-order chi connectivity index (χ0) is 23.7. The molecule has 3 rings (SSSR count). The Hall–Kier alpha value is -2.61. The summed E-state index contributed by atoms with van der Waals surface area (Å²) in [6.07, 6.45) is 11.7. The Balaban J connectivity index is 0.000000837. The molecular weight excluding hydrogens is 420 g/mol. The molecule has 32 heavy (non-hydrogen) atoms. The van der Waals surface area contributed by atoms with E-state index in [4.69, 9.17) is 5.10 Å². The highest BCUT2D eigenvalue weighted by Gasteiger charge is 2.30. The summed E-state index contributed by atoms with van der Waals surface area (Å²) in [4.78, 5) is 20.3. The number of aryl methyl sites for hydroxylation is 2. The Morgan fingerprint density at radius 2 is 2.00 bits per heavy atom. The van der Waals surface area contributed by atoms with Crippen LogP contribution in [0.3, 0.4) is 0 Å². The van der Waals surface area contributed by atoms with Crippen LogP contribution in [0, 0.1) is 11.8 Å². The van der Waals surface area contributed by atoms with Gasteiger partial charge < -0.3 is 9.80 Å². The van der Waals surface area contributed by atoms with Gasteiger partial charge in [0, 0.05) is 33.3 Å². The van der Waals surface area contributed by atoms with Gasteiger partial charge in [-0.1, -0.05) is 50.1 Å². The highest BCUT2D eigenvalue weighted by Crippen LogP contribution is 2.38. The molecule has 0 fully saturated rings. The second kappa shape index (κ2) is 12.4. The number of nitrogens with zero attached hydrogens (tertiary/aromatic N) is 6. The molecule has 0 aliphatic carbocycles. The number of anilines is 3. The quantitative estimate of drug-likeness (QED) is 0.320. The molecule has 1 aliphatic heterocycles. The minimum atomic E-state index is -0.582. The summed E-state index contributed by atoms with van der Waals surface area (Å²) in [6, 6.07) is 1.50. The number of hydrogen-bond donors (Lipinski definition) is 1. The molecule has 0 N–H and O–H groups in total. The van der Waals surface area contributed by atoms with Crippen LogP contribution in [-0.2, 0) is 13.5 Å². The predicted octanol–water partition coefficient (Wildman–Crippen LogP) is 5.89. The Bertz CT molecular complexity index is 948. The lowest BCUT2D eigenvalue weighted by Gasteiger charge is -2.29. The monoisotopic (exact) mass is 456 g/mol. The van der Waals surface area contributed by atoms with E-state index < -0.39 is 6.04 Å². The first-order valence-corrected chi connectivity index (χ1v) is 11.7. The Morgan fingerprint density at radius 1 is 1.28 bits per heavy atom. The molecule has 2 aromatic heterocycles. The molecule has 1 aliphatic rings. The van der Waals surface area contributed by atoms with Gasteiger partial charge in [0.1, 0.15) is 5.82 Å². The van der Waals surface area contributed by atoms with Gasteiger partial charge in [0.15, 0.2) is 11.9 Å². The minimum Gasteiger partial charge on any atom is -0.363 e. The fraction of sp³-hybridized carbons (Fsp3) is 0.500. The molecule has 2 aromatic rings. The first kappa shape index (κ1) is 25.6. The molecule has 0 bridgehead atoms. The fourth-order valence-corrected chi connectivity index (χ4v) is 3.70. The average molecular weight is 457 g/mol. The van der Waals surface area contributed by atoms with E-state index in [0.717, 1.165) is 53.5 Å². The van der Waals surface area contributed by atoms with Gasteiger partial charge in [-0.05, 0) is 36.8 Å². The molecule has 7 nitrogen and oxygen atoms in total. The molecule has 8 heteroatoms. The second-order valence-corrected chi connectivity index (χ2v) is 8.36. The normalized spacial score (nSPS) is 14.3. The lowest BCUT2D eigenvalue weighted by molar-refractivity contribution is 0.677. The first-order valence-electron chi connectivity index (χ1n) is 11.2. The Kier molecular flexibility index (Phi) is 9.97. The van der Waals surface area contributed by atoms with Gasteiger partial charge in [-0.2, -0.15) is 17.7 Å². The zero-order valence-corrected chi connectivity index (χ0v) is 21.0. The molecule has 0 saturated carbocycles. The van der Waals surface area contributed by atoms with Gasteiger partial charge in [-0.15, -0.1) is 4.91 Å². The molecule has 0 aromatic carbocycles. The van der Waals surface area contributed by atoms with E-state index >= 15 is 0 Å². The van der Waals surface area contributed by atoms with Crippen molar-refractivity contribution in [3.63, 3.8) is 0 Å². The van der Waals surface area contributed by atoms with Crippen LogP contribution in [0.2, 0.25) is 0 Å². The Morgan fingerprint density at radius 3 is 2.56 bits per heavy atom. The summed E-state index contributed by atoms with van der Waals surface area (Å²) in [6.45, 7) is 7.31. The third-order valence-electron chi connectivity index (χ3n) is 5.44. The maximum atomic E-state index is 11.5. The molecule has 174 valence electrons. The number of pyridine rings is 1. The van der Waals surface area contributed by atoms with Crippen molar-refractivity contribution in [2.45, 2.75) is 52.5 Å². The summed E-state index contributed by atoms with van der Waals surface area (Å²) in [5.74, 6) is 1.81. The number of allylic oxidation sites excluding steroid dienone is 2. The number of fused-ring (bicyclic) bond motifs is 1. The smallest absolute Gasteiger partial charge is 0.158 e. The van der Waals surface area contributed by atoms with Crippen LogP contribution in [0.1, 0.15) is 56.0 Å². The minimum absolute atomic E-state index is 0.582. The van der Waals surface area contributed by atoms with Crippen LogP contribution in [0.4, 0.5) is 17.3 Å². The lowest BCUT2D eigenvalue weighted by Crippen LogP contribution is -2.26. The van der Waals surface area contributed by atoms with E-state index in [-0.39, 0.29) is 0 Å². The molecule has 0 amide bonds.